The minimum Gasteiger partial charge on any atom is -0.410 e. The Labute approximate surface area is 234 Å². The topological polar surface area (TPSA) is 70.2 Å². The number of hydrogen-bond donors (Lipinski definition) is 0. The Balaban J connectivity index is 1.48. The highest BCUT2D eigenvalue weighted by atomic mass is 35.5. The lowest BCUT2D eigenvalue weighted by Crippen LogP contribution is -2.47. The molecule has 216 valence electrons. The van der Waals surface area contributed by atoms with Crippen LogP contribution in [0.15, 0.2) is 48.5 Å². The van der Waals surface area contributed by atoms with Crippen LogP contribution in [-0.4, -0.2) is 77.5 Å². The average Bonchev–Trinajstić information content (AvgIpc) is 3.34. The molecule has 2 aromatic rings. The lowest BCUT2D eigenvalue weighted by molar-refractivity contribution is -0.163. The normalized spacial score (nSPS) is 19.9. The molecule has 0 unspecified atom stereocenters. The van der Waals surface area contributed by atoms with E-state index in [4.69, 9.17) is 16.3 Å². The number of rotatable bonds is 6. The maximum Gasteiger partial charge on any atom is 0.415 e. The van der Waals surface area contributed by atoms with Crippen molar-refractivity contribution in [3.8, 4) is 5.75 Å². The Bertz CT molecular complexity index is 1200. The Kier molecular flexibility index (Phi) is 9.22. The molecule has 0 radical (unpaired) electrons. The van der Waals surface area contributed by atoms with E-state index < -0.39 is 42.4 Å². The molecule has 2 heterocycles. The molecule has 3 amide bonds. The van der Waals surface area contributed by atoms with Gasteiger partial charge in [-0.1, -0.05) is 23.7 Å². The summed E-state index contributed by atoms with van der Waals surface area (Å²) in [4.78, 5) is 43.1. The molecule has 40 heavy (non-hydrogen) atoms. The largest absolute Gasteiger partial charge is 0.415 e. The summed E-state index contributed by atoms with van der Waals surface area (Å²) in [5.41, 5.74) is 0.880. The van der Waals surface area contributed by atoms with Crippen LogP contribution in [-0.2, 0) is 9.59 Å². The van der Waals surface area contributed by atoms with E-state index in [9.17, 15) is 31.9 Å². The van der Waals surface area contributed by atoms with Crippen molar-refractivity contribution >= 4 is 29.5 Å². The van der Waals surface area contributed by atoms with Gasteiger partial charge < -0.3 is 19.4 Å². The van der Waals surface area contributed by atoms with Gasteiger partial charge >= 0.3 is 12.3 Å². The molecule has 4 rings (SSSR count). The molecule has 0 aliphatic carbocycles. The number of carbonyl (C=O) groups excluding carboxylic acids is 3. The molecule has 7 nitrogen and oxygen atoms in total. The van der Waals surface area contributed by atoms with Gasteiger partial charge in [-0.25, -0.2) is 9.18 Å². The first-order valence-electron chi connectivity index (χ1n) is 13.1. The van der Waals surface area contributed by atoms with Gasteiger partial charge in [0.05, 0.1) is 6.04 Å². The van der Waals surface area contributed by atoms with E-state index in [1.807, 2.05) is 12.1 Å². The van der Waals surface area contributed by atoms with E-state index in [2.05, 4.69) is 0 Å². The van der Waals surface area contributed by atoms with E-state index in [1.54, 1.807) is 24.0 Å². The standard InChI is InChI=1S/C28H30ClF4N3O4/c1-2-36(27(39)40-22-9-7-21(30)8-10-22)24-17-35(16-23(24)18-3-5-20(29)6-4-18)26(38)19-11-13-34(14-12-19)25(37)15-28(31,32)33/h3-10,19,23-24H,2,11-17H2,1H3/t23-,24+/m0/s1. The smallest absolute Gasteiger partial charge is 0.410 e. The summed E-state index contributed by atoms with van der Waals surface area (Å²) in [6.07, 6.45) is -6.20. The molecule has 2 atom stereocenters. The van der Waals surface area contributed by atoms with Gasteiger partial charge in [0.25, 0.3) is 0 Å². The zero-order valence-electron chi connectivity index (χ0n) is 21.9. The molecule has 0 spiro atoms. The fraction of sp³-hybridized carbons (Fsp3) is 0.464. The number of ether oxygens (including phenoxy) is 1. The van der Waals surface area contributed by atoms with Crippen molar-refractivity contribution in [2.75, 3.05) is 32.7 Å². The quantitative estimate of drug-likeness (QED) is 0.422. The number of likely N-dealkylation sites (N-methyl/N-ethyl adjacent to an activating group) is 1. The minimum absolute atomic E-state index is 0.0777. The van der Waals surface area contributed by atoms with Crippen molar-refractivity contribution in [1.82, 2.24) is 14.7 Å². The number of halogens is 5. The Morgan fingerprint density at radius 3 is 2.17 bits per heavy atom. The van der Waals surface area contributed by atoms with Crippen molar-refractivity contribution < 1.29 is 36.7 Å². The Hall–Kier alpha value is -3.34. The van der Waals surface area contributed by atoms with Gasteiger partial charge in [-0.3, -0.25) is 9.59 Å². The van der Waals surface area contributed by atoms with Crippen LogP contribution in [0.3, 0.4) is 0 Å². The summed E-state index contributed by atoms with van der Waals surface area (Å²) in [6.45, 7) is 2.78. The van der Waals surface area contributed by atoms with E-state index in [0.717, 1.165) is 10.5 Å². The number of carbonyl (C=O) groups is 3. The maximum absolute atomic E-state index is 13.5. The summed E-state index contributed by atoms with van der Waals surface area (Å²) in [6, 6.07) is 11.8. The molecule has 0 saturated carbocycles. The van der Waals surface area contributed by atoms with Gasteiger partial charge in [0.15, 0.2) is 0 Å². The van der Waals surface area contributed by atoms with Crippen LogP contribution in [0, 0.1) is 11.7 Å². The number of likely N-dealkylation sites (tertiary alicyclic amines) is 2. The molecule has 0 N–H and O–H groups in total. The highest BCUT2D eigenvalue weighted by Gasteiger charge is 2.43. The number of piperidine rings is 1. The third kappa shape index (κ3) is 7.24. The summed E-state index contributed by atoms with van der Waals surface area (Å²) in [7, 11) is 0. The first-order valence-corrected chi connectivity index (χ1v) is 13.5. The third-order valence-corrected chi connectivity index (χ3v) is 7.69. The fourth-order valence-electron chi connectivity index (χ4n) is 5.40. The van der Waals surface area contributed by atoms with Crippen LogP contribution in [0.25, 0.3) is 0 Å². The molecule has 2 saturated heterocycles. The summed E-state index contributed by atoms with van der Waals surface area (Å²) in [5.74, 6) is -2.12. The Morgan fingerprint density at radius 2 is 1.60 bits per heavy atom. The molecular formula is C28H30ClF4N3O4. The number of hydrogen-bond acceptors (Lipinski definition) is 4. The molecule has 12 heteroatoms. The number of alkyl halides is 3. The lowest BCUT2D eigenvalue weighted by Gasteiger charge is -2.33. The molecule has 0 aromatic heterocycles. The highest BCUT2D eigenvalue weighted by Crippen LogP contribution is 2.35. The molecule has 0 bridgehead atoms. The van der Waals surface area contributed by atoms with Gasteiger partial charge in [-0.2, -0.15) is 13.2 Å². The fourth-order valence-corrected chi connectivity index (χ4v) is 5.52. The minimum atomic E-state index is -4.58. The zero-order valence-corrected chi connectivity index (χ0v) is 22.6. The van der Waals surface area contributed by atoms with Gasteiger partial charge in [-0.15, -0.1) is 0 Å². The molecule has 2 aromatic carbocycles. The number of nitrogens with zero attached hydrogens (tertiary/aromatic N) is 3. The average molecular weight is 584 g/mol. The monoisotopic (exact) mass is 583 g/mol. The van der Waals surface area contributed by atoms with Gasteiger partial charge in [0.1, 0.15) is 18.0 Å². The summed E-state index contributed by atoms with van der Waals surface area (Å²) < 4.78 is 56.7. The zero-order chi connectivity index (χ0) is 29.0. The van der Waals surface area contributed by atoms with Gasteiger partial charge in [-0.05, 0) is 61.7 Å². The van der Waals surface area contributed by atoms with Gasteiger partial charge in [0.2, 0.25) is 11.8 Å². The summed E-state index contributed by atoms with van der Waals surface area (Å²) >= 11 is 6.08. The van der Waals surface area contributed by atoms with E-state index in [0.29, 0.717) is 11.6 Å². The first kappa shape index (κ1) is 29.6. The van der Waals surface area contributed by atoms with Crippen LogP contribution in [0.2, 0.25) is 5.02 Å². The number of amides is 3. The second-order valence-corrected chi connectivity index (χ2v) is 10.5. The van der Waals surface area contributed by atoms with E-state index in [-0.39, 0.29) is 56.6 Å². The SMILES string of the molecule is CCN(C(=O)Oc1ccc(F)cc1)[C@@H]1CN(C(=O)C2CCN(C(=O)CC(F)(F)F)CC2)C[C@H]1c1ccc(Cl)cc1. The molecule has 2 aliphatic heterocycles. The number of benzene rings is 2. The predicted molar refractivity (Wildman–Crippen MR) is 139 cm³/mol. The summed E-state index contributed by atoms with van der Waals surface area (Å²) in [5, 5.41) is 0.543. The van der Waals surface area contributed by atoms with Crippen LogP contribution >= 0.6 is 11.6 Å². The van der Waals surface area contributed by atoms with E-state index in [1.165, 1.54) is 29.2 Å². The second kappa shape index (κ2) is 12.4. The first-order chi connectivity index (χ1) is 18.9. The Morgan fingerprint density at radius 1 is 0.975 bits per heavy atom. The molecular weight excluding hydrogens is 554 g/mol. The van der Waals surface area contributed by atoms with Crippen molar-refractivity contribution in [2.45, 2.75) is 44.3 Å². The van der Waals surface area contributed by atoms with Crippen molar-refractivity contribution in [3.05, 3.63) is 64.9 Å². The second-order valence-electron chi connectivity index (χ2n) is 10.0. The molecule has 2 fully saturated rings. The maximum atomic E-state index is 13.5. The van der Waals surface area contributed by atoms with Gasteiger partial charge in [0, 0.05) is 49.6 Å². The van der Waals surface area contributed by atoms with Crippen LogP contribution in [0.5, 0.6) is 5.75 Å². The predicted octanol–water partition coefficient (Wildman–Crippen LogP) is 5.49. The van der Waals surface area contributed by atoms with Crippen LogP contribution in [0.4, 0.5) is 22.4 Å². The van der Waals surface area contributed by atoms with Crippen LogP contribution < -0.4 is 4.74 Å². The lowest BCUT2D eigenvalue weighted by atomic mass is 9.93. The van der Waals surface area contributed by atoms with Crippen molar-refractivity contribution in [2.24, 2.45) is 5.92 Å². The van der Waals surface area contributed by atoms with Crippen molar-refractivity contribution in [1.29, 1.82) is 0 Å². The third-order valence-electron chi connectivity index (χ3n) is 7.44. The highest BCUT2D eigenvalue weighted by molar-refractivity contribution is 6.30. The van der Waals surface area contributed by atoms with Crippen molar-refractivity contribution in [3.63, 3.8) is 0 Å². The molecule has 2 aliphatic rings. The van der Waals surface area contributed by atoms with E-state index >= 15 is 0 Å². The van der Waals surface area contributed by atoms with Crippen LogP contribution in [0.1, 0.15) is 37.7 Å².